The molecule has 0 saturated heterocycles. The zero-order chi connectivity index (χ0) is 48.9. The number of fused-ring (bicyclic) bond motifs is 2. The maximum Gasteiger partial charge on any atom is 0.410 e. The monoisotopic (exact) mass is 952 g/mol. The van der Waals surface area contributed by atoms with Gasteiger partial charge in [0.1, 0.15) is 29.9 Å². The van der Waals surface area contributed by atoms with Gasteiger partial charge in [0, 0.05) is 43.7 Å². The zero-order valence-corrected chi connectivity index (χ0v) is 41.1. The van der Waals surface area contributed by atoms with E-state index in [0.29, 0.717) is 55.4 Å². The largest absolute Gasteiger partial charge is 0.459 e. The SMILES string of the molecule is C=CCOC12Oc3ccc(Oc4cccc([N+](=O)[O-])c4)cc3C3C(CCCCO)C(CCCCO)C=C(C(=NOCc4ccccc4)CC1N(CCC)C(=O)OCCCCCCCCCCCC)C32. The van der Waals surface area contributed by atoms with Gasteiger partial charge in [0.2, 0.25) is 5.79 Å². The highest BCUT2D eigenvalue weighted by Crippen LogP contribution is 2.62. The highest BCUT2D eigenvalue weighted by atomic mass is 16.7. The first-order valence-electron chi connectivity index (χ1n) is 25.9. The van der Waals surface area contributed by atoms with Crippen molar-refractivity contribution in [3.05, 3.63) is 118 Å². The van der Waals surface area contributed by atoms with Gasteiger partial charge in [-0.1, -0.05) is 138 Å². The van der Waals surface area contributed by atoms with Crippen molar-refractivity contribution in [2.75, 3.05) is 33.0 Å². The topological polar surface area (TPSA) is 162 Å². The number of aliphatic hydroxyl groups excluding tert-OH is 2. The van der Waals surface area contributed by atoms with Crippen LogP contribution >= 0.6 is 0 Å². The molecule has 6 unspecified atom stereocenters. The van der Waals surface area contributed by atoms with Crippen molar-refractivity contribution in [1.29, 1.82) is 0 Å². The van der Waals surface area contributed by atoms with Crippen molar-refractivity contribution < 1.29 is 43.7 Å². The minimum Gasteiger partial charge on any atom is -0.459 e. The number of hydrogen-bond acceptors (Lipinski definition) is 11. The van der Waals surface area contributed by atoms with Crippen molar-refractivity contribution in [2.45, 2.75) is 154 Å². The number of hydrogen-bond donors (Lipinski definition) is 2. The summed E-state index contributed by atoms with van der Waals surface area (Å²) in [5, 5.41) is 36.7. The molecule has 1 heterocycles. The van der Waals surface area contributed by atoms with Gasteiger partial charge in [-0.2, -0.15) is 0 Å². The molecular weight excluding hydrogens is 875 g/mol. The fourth-order valence-electron chi connectivity index (χ4n) is 10.7. The molecule has 1 fully saturated rings. The summed E-state index contributed by atoms with van der Waals surface area (Å²) in [5.41, 5.74) is 3.38. The molecule has 0 aromatic heterocycles. The molecule has 0 spiro atoms. The Balaban J connectivity index is 1.43. The van der Waals surface area contributed by atoms with Gasteiger partial charge in [-0.05, 0) is 85.8 Å². The summed E-state index contributed by atoms with van der Waals surface area (Å²) in [7, 11) is 0. The van der Waals surface area contributed by atoms with Gasteiger partial charge in [-0.15, -0.1) is 6.58 Å². The second kappa shape index (κ2) is 27.8. The van der Waals surface area contributed by atoms with Gasteiger partial charge >= 0.3 is 6.09 Å². The first-order valence-corrected chi connectivity index (χ1v) is 25.9. The summed E-state index contributed by atoms with van der Waals surface area (Å²) in [6, 6.07) is 20.9. The Bertz CT molecular complexity index is 2130. The number of benzene rings is 3. The van der Waals surface area contributed by atoms with Crippen LogP contribution in [0.3, 0.4) is 0 Å². The van der Waals surface area contributed by atoms with Gasteiger partial charge in [0.25, 0.3) is 5.69 Å². The Morgan fingerprint density at radius 2 is 1.58 bits per heavy atom. The molecule has 1 saturated carbocycles. The van der Waals surface area contributed by atoms with E-state index in [9.17, 15) is 25.1 Å². The number of oxime groups is 1. The lowest BCUT2D eigenvalue weighted by Gasteiger charge is -2.59. The van der Waals surface area contributed by atoms with E-state index in [-0.39, 0.29) is 56.3 Å². The molecule has 3 aliphatic rings. The number of allylic oxidation sites excluding steroid dienone is 1. The molecule has 1 amide bonds. The standard InChI is InChI=1S/C56H77N3O10/c1-4-7-8-9-10-11-12-13-14-22-36-65-55(62)58(32-5-2)52-40-50(57-67-41-42-24-16-15-17-25-42)48-37-43(26-18-20-33-60)47(29-19-21-34-61)53-49-39-46(68-45-28-23-27-44(38-45)59(63)64)30-31-51(49)69-56(52,54(48)53)66-35-6-3/h6,15-17,23-25,27-28,30-31,37-39,43,47,52-54,60-61H,3-5,7-14,18-22,26,29,32-36,40-41H2,1-2H3. The van der Waals surface area contributed by atoms with Gasteiger partial charge in [0.15, 0.2) is 0 Å². The molecule has 2 aliphatic carbocycles. The lowest BCUT2D eigenvalue weighted by Crippen LogP contribution is -2.70. The second-order valence-corrected chi connectivity index (χ2v) is 18.9. The number of unbranched alkanes of at least 4 members (excludes halogenated alkanes) is 11. The number of carbonyl (C=O) groups excluding carboxylic acids is 1. The molecule has 69 heavy (non-hydrogen) atoms. The molecule has 6 atom stereocenters. The van der Waals surface area contributed by atoms with E-state index in [4.69, 9.17) is 28.9 Å². The summed E-state index contributed by atoms with van der Waals surface area (Å²) < 4.78 is 27.0. The normalized spacial score (nSPS) is 21.9. The van der Waals surface area contributed by atoms with Crippen LogP contribution in [0.1, 0.15) is 146 Å². The third kappa shape index (κ3) is 14.2. The average Bonchev–Trinajstić information content (AvgIpc) is 3.36. The molecule has 13 heteroatoms. The first kappa shape index (κ1) is 53.1. The highest BCUT2D eigenvalue weighted by molar-refractivity contribution is 6.03. The molecule has 0 radical (unpaired) electrons. The van der Waals surface area contributed by atoms with Crippen LogP contribution < -0.4 is 9.47 Å². The fraction of sp³-hybridized carbons (Fsp3) is 0.571. The third-order valence-corrected chi connectivity index (χ3v) is 14.0. The van der Waals surface area contributed by atoms with Crippen LogP contribution in [-0.2, 0) is 20.9 Å². The Labute approximate surface area is 410 Å². The van der Waals surface area contributed by atoms with Crippen LogP contribution in [0.4, 0.5) is 10.5 Å². The fourth-order valence-corrected chi connectivity index (χ4v) is 10.7. The molecule has 3 aromatic carbocycles. The van der Waals surface area contributed by atoms with E-state index in [2.05, 4.69) is 19.6 Å². The highest BCUT2D eigenvalue weighted by Gasteiger charge is 2.65. The number of nitro groups is 1. The molecule has 3 aromatic rings. The van der Waals surface area contributed by atoms with Crippen LogP contribution in [-0.4, -0.2) is 76.6 Å². The molecular formula is C56H77N3O10. The van der Waals surface area contributed by atoms with E-state index in [1.165, 1.54) is 57.1 Å². The van der Waals surface area contributed by atoms with Crippen LogP contribution in [0.15, 0.2) is 102 Å². The zero-order valence-electron chi connectivity index (χ0n) is 41.1. The molecule has 2 N–H and O–H groups in total. The second-order valence-electron chi connectivity index (χ2n) is 18.9. The minimum absolute atomic E-state index is 0.000402. The van der Waals surface area contributed by atoms with Crippen molar-refractivity contribution >= 4 is 17.5 Å². The van der Waals surface area contributed by atoms with Crippen molar-refractivity contribution in [3.8, 4) is 17.2 Å². The molecule has 1 aliphatic heterocycles. The number of non-ortho nitro benzene ring substituents is 1. The van der Waals surface area contributed by atoms with Crippen LogP contribution in [0.5, 0.6) is 17.2 Å². The van der Waals surface area contributed by atoms with Gasteiger partial charge < -0.3 is 34.0 Å². The summed E-state index contributed by atoms with van der Waals surface area (Å²) in [6.45, 7) is 9.56. The molecule has 0 bridgehead atoms. The maximum atomic E-state index is 14.7. The quantitative estimate of drug-likeness (QED) is 0.0275. The number of carbonyl (C=O) groups is 1. The van der Waals surface area contributed by atoms with Crippen LogP contribution in [0, 0.1) is 27.9 Å². The van der Waals surface area contributed by atoms with E-state index < -0.39 is 28.8 Å². The predicted molar refractivity (Wildman–Crippen MR) is 270 cm³/mol. The first-order chi connectivity index (χ1) is 33.8. The Morgan fingerprint density at radius 3 is 2.28 bits per heavy atom. The van der Waals surface area contributed by atoms with E-state index in [0.717, 1.165) is 61.6 Å². The van der Waals surface area contributed by atoms with Gasteiger partial charge in [-0.25, -0.2) is 4.79 Å². The summed E-state index contributed by atoms with van der Waals surface area (Å²) in [6.07, 6.45) is 20.7. The van der Waals surface area contributed by atoms with E-state index in [1.54, 1.807) is 29.2 Å². The Morgan fingerprint density at radius 1 is 0.870 bits per heavy atom. The van der Waals surface area contributed by atoms with E-state index in [1.807, 2.05) is 49.4 Å². The third-order valence-electron chi connectivity index (χ3n) is 14.0. The van der Waals surface area contributed by atoms with Crippen molar-refractivity contribution in [3.63, 3.8) is 0 Å². The number of ether oxygens (including phenoxy) is 4. The van der Waals surface area contributed by atoms with Crippen molar-refractivity contribution in [1.82, 2.24) is 4.90 Å². The predicted octanol–water partition coefficient (Wildman–Crippen LogP) is 13.0. The van der Waals surface area contributed by atoms with Crippen LogP contribution in [0.2, 0.25) is 0 Å². The molecule has 6 rings (SSSR count). The van der Waals surface area contributed by atoms with E-state index >= 15 is 0 Å². The van der Waals surface area contributed by atoms with Gasteiger partial charge in [0.05, 0.1) is 35.8 Å². The molecule has 376 valence electrons. The van der Waals surface area contributed by atoms with Crippen molar-refractivity contribution in [2.24, 2.45) is 22.9 Å². The lowest BCUT2D eigenvalue weighted by atomic mass is 9.55. The summed E-state index contributed by atoms with van der Waals surface area (Å²) in [5.74, 6) is -0.815. The van der Waals surface area contributed by atoms with Crippen LogP contribution in [0.25, 0.3) is 0 Å². The number of aliphatic hydroxyl groups is 2. The smallest absolute Gasteiger partial charge is 0.410 e. The van der Waals surface area contributed by atoms with Gasteiger partial charge in [-0.3, -0.25) is 15.0 Å². The molecule has 13 nitrogen and oxygen atoms in total. The lowest BCUT2D eigenvalue weighted by molar-refractivity contribution is -0.384. The maximum absolute atomic E-state index is 14.7. The number of rotatable bonds is 31. The summed E-state index contributed by atoms with van der Waals surface area (Å²) in [4.78, 5) is 34.0. The number of amides is 1. The minimum atomic E-state index is -1.44. The number of nitrogens with zero attached hydrogens (tertiary/aromatic N) is 3. The number of nitro benzene ring substituents is 1. The summed E-state index contributed by atoms with van der Waals surface area (Å²) >= 11 is 0. The Hall–Kier alpha value is -5.24. The Kier molecular flexibility index (Phi) is 21.4. The average molecular weight is 952 g/mol.